The molecule has 0 aliphatic carbocycles. The Morgan fingerprint density at radius 2 is 1.62 bits per heavy atom. The maximum atomic E-state index is 12.5. The highest BCUT2D eigenvalue weighted by Gasteiger charge is 2.15. The van der Waals surface area contributed by atoms with Crippen molar-refractivity contribution in [3.63, 3.8) is 0 Å². The number of carbonyl (C=O) groups excluding carboxylic acids is 1. The van der Waals surface area contributed by atoms with Crippen LogP contribution in [0.2, 0.25) is 5.02 Å². The van der Waals surface area contributed by atoms with Crippen LogP contribution in [0.4, 0.5) is 11.4 Å². The molecular formula is C21H19ClN2O4S. The number of nitrogens with one attached hydrogen (secondary N) is 2. The van der Waals surface area contributed by atoms with Crippen molar-refractivity contribution in [2.24, 2.45) is 0 Å². The number of benzene rings is 3. The lowest BCUT2D eigenvalue weighted by atomic mass is 10.1. The van der Waals surface area contributed by atoms with Gasteiger partial charge in [-0.3, -0.25) is 9.52 Å². The summed E-state index contributed by atoms with van der Waals surface area (Å²) in [7, 11) is -2.24. The molecule has 0 bridgehead atoms. The van der Waals surface area contributed by atoms with E-state index in [1.54, 1.807) is 42.5 Å². The Morgan fingerprint density at radius 1 is 0.966 bits per heavy atom. The smallest absolute Gasteiger partial charge is 0.261 e. The number of aryl methyl sites for hydroxylation is 1. The standard InChI is InChI=1S/C21H19ClN2O4S/c1-14-13-16(22)5-12-20(14)23-21(25)15-3-6-17(7-4-15)24-29(26,27)19-10-8-18(28-2)9-11-19/h3-13,24H,1-2H3,(H,23,25). The minimum absolute atomic E-state index is 0.110. The molecule has 0 aliphatic rings. The average molecular weight is 431 g/mol. The van der Waals surface area contributed by atoms with Crippen LogP contribution in [0.3, 0.4) is 0 Å². The zero-order chi connectivity index (χ0) is 21.0. The van der Waals surface area contributed by atoms with Gasteiger partial charge in [0, 0.05) is 22.0 Å². The topological polar surface area (TPSA) is 84.5 Å². The van der Waals surface area contributed by atoms with E-state index in [1.807, 2.05) is 6.92 Å². The second kappa shape index (κ2) is 8.55. The van der Waals surface area contributed by atoms with Crippen molar-refractivity contribution in [3.8, 4) is 5.75 Å². The molecule has 8 heteroatoms. The number of hydrogen-bond donors (Lipinski definition) is 2. The molecule has 0 saturated carbocycles. The third-order valence-corrected chi connectivity index (χ3v) is 5.84. The van der Waals surface area contributed by atoms with Gasteiger partial charge in [-0.25, -0.2) is 8.42 Å². The van der Waals surface area contributed by atoms with Gasteiger partial charge >= 0.3 is 0 Å². The molecule has 0 atom stereocenters. The second-order valence-electron chi connectivity index (χ2n) is 6.27. The summed E-state index contributed by atoms with van der Waals surface area (Å²) >= 11 is 5.93. The first-order valence-corrected chi connectivity index (χ1v) is 10.5. The Hall–Kier alpha value is -3.03. The third-order valence-electron chi connectivity index (χ3n) is 4.21. The number of carbonyl (C=O) groups is 1. The van der Waals surface area contributed by atoms with E-state index in [0.29, 0.717) is 27.7 Å². The molecule has 1 amide bonds. The monoisotopic (exact) mass is 430 g/mol. The minimum Gasteiger partial charge on any atom is -0.497 e. The van der Waals surface area contributed by atoms with E-state index in [-0.39, 0.29) is 10.8 Å². The van der Waals surface area contributed by atoms with Crippen molar-refractivity contribution in [2.75, 3.05) is 17.1 Å². The number of rotatable bonds is 6. The van der Waals surface area contributed by atoms with Crippen molar-refractivity contribution < 1.29 is 17.9 Å². The first kappa shape index (κ1) is 20.7. The Labute approximate surface area is 174 Å². The van der Waals surface area contributed by atoms with Crippen LogP contribution in [0.25, 0.3) is 0 Å². The van der Waals surface area contributed by atoms with Crippen LogP contribution in [0, 0.1) is 6.92 Å². The summed E-state index contributed by atoms with van der Waals surface area (Å²) in [4.78, 5) is 12.5. The molecule has 0 spiro atoms. The van der Waals surface area contributed by atoms with Gasteiger partial charge in [0.15, 0.2) is 0 Å². The van der Waals surface area contributed by atoms with Gasteiger partial charge in [0.05, 0.1) is 12.0 Å². The van der Waals surface area contributed by atoms with Crippen molar-refractivity contribution in [1.82, 2.24) is 0 Å². The van der Waals surface area contributed by atoms with Crippen LogP contribution in [-0.2, 0) is 10.0 Å². The molecule has 0 unspecified atom stereocenters. The van der Waals surface area contributed by atoms with E-state index >= 15 is 0 Å². The number of sulfonamides is 1. The fraction of sp³-hybridized carbons (Fsp3) is 0.0952. The van der Waals surface area contributed by atoms with Gasteiger partial charge < -0.3 is 10.1 Å². The Balaban J connectivity index is 1.71. The average Bonchev–Trinajstić information content (AvgIpc) is 2.70. The van der Waals surface area contributed by atoms with E-state index < -0.39 is 10.0 Å². The predicted molar refractivity (Wildman–Crippen MR) is 114 cm³/mol. The van der Waals surface area contributed by atoms with E-state index in [2.05, 4.69) is 10.0 Å². The third kappa shape index (κ3) is 5.07. The normalized spacial score (nSPS) is 11.0. The number of hydrogen-bond acceptors (Lipinski definition) is 4. The van der Waals surface area contributed by atoms with Crippen LogP contribution in [0.5, 0.6) is 5.75 Å². The number of methoxy groups -OCH3 is 1. The van der Waals surface area contributed by atoms with Gasteiger partial charge in [-0.1, -0.05) is 11.6 Å². The lowest BCUT2D eigenvalue weighted by molar-refractivity contribution is 0.102. The molecule has 150 valence electrons. The first-order chi connectivity index (χ1) is 13.8. The molecule has 0 fully saturated rings. The van der Waals surface area contributed by atoms with Gasteiger partial charge in [-0.15, -0.1) is 0 Å². The molecule has 2 N–H and O–H groups in total. The van der Waals surface area contributed by atoms with E-state index in [0.717, 1.165) is 5.56 Å². The summed E-state index contributed by atoms with van der Waals surface area (Å²) in [6, 6.07) is 17.4. The summed E-state index contributed by atoms with van der Waals surface area (Å²) in [5.41, 5.74) is 2.24. The largest absolute Gasteiger partial charge is 0.497 e. The van der Waals surface area contributed by atoms with Gasteiger partial charge in [0.2, 0.25) is 0 Å². The second-order valence-corrected chi connectivity index (χ2v) is 8.39. The lowest BCUT2D eigenvalue weighted by Gasteiger charge is -2.11. The molecule has 0 saturated heterocycles. The quantitative estimate of drug-likeness (QED) is 0.593. The molecule has 29 heavy (non-hydrogen) atoms. The maximum absolute atomic E-state index is 12.5. The highest BCUT2D eigenvalue weighted by Crippen LogP contribution is 2.22. The Morgan fingerprint density at radius 3 is 2.21 bits per heavy atom. The van der Waals surface area contributed by atoms with Gasteiger partial charge in [0.25, 0.3) is 15.9 Å². The molecule has 0 aromatic heterocycles. The lowest BCUT2D eigenvalue weighted by Crippen LogP contribution is -2.14. The van der Waals surface area contributed by atoms with E-state index in [1.165, 1.54) is 31.4 Å². The molecule has 3 rings (SSSR count). The fourth-order valence-electron chi connectivity index (χ4n) is 2.62. The summed E-state index contributed by atoms with van der Waals surface area (Å²) in [5, 5.41) is 3.40. The highest BCUT2D eigenvalue weighted by atomic mass is 35.5. The zero-order valence-corrected chi connectivity index (χ0v) is 17.3. The molecule has 0 radical (unpaired) electrons. The van der Waals surface area contributed by atoms with Gasteiger partial charge in [-0.2, -0.15) is 0 Å². The number of ether oxygens (including phenoxy) is 1. The summed E-state index contributed by atoms with van der Waals surface area (Å²) in [5.74, 6) is 0.259. The molecule has 3 aromatic rings. The van der Waals surface area contributed by atoms with E-state index in [4.69, 9.17) is 16.3 Å². The van der Waals surface area contributed by atoms with Gasteiger partial charge in [-0.05, 0) is 79.2 Å². The van der Waals surface area contributed by atoms with Crippen molar-refractivity contribution in [1.29, 1.82) is 0 Å². The summed E-state index contributed by atoms with van der Waals surface area (Å²) < 4.78 is 32.5. The summed E-state index contributed by atoms with van der Waals surface area (Å²) in [6.45, 7) is 1.85. The SMILES string of the molecule is COc1ccc(S(=O)(=O)Nc2ccc(C(=O)Nc3ccc(Cl)cc3C)cc2)cc1. The minimum atomic E-state index is -3.75. The first-order valence-electron chi connectivity index (χ1n) is 8.63. The Bertz CT molecular complexity index is 1130. The number of amides is 1. The van der Waals surface area contributed by atoms with Crippen LogP contribution in [0.15, 0.2) is 71.6 Å². The highest BCUT2D eigenvalue weighted by molar-refractivity contribution is 7.92. The predicted octanol–water partition coefficient (Wildman–Crippen LogP) is 4.71. The summed E-state index contributed by atoms with van der Waals surface area (Å²) in [6.07, 6.45) is 0. The van der Waals surface area contributed by atoms with Crippen molar-refractivity contribution >= 4 is 38.9 Å². The van der Waals surface area contributed by atoms with Crippen molar-refractivity contribution in [3.05, 3.63) is 82.9 Å². The van der Waals surface area contributed by atoms with E-state index in [9.17, 15) is 13.2 Å². The van der Waals surface area contributed by atoms with Crippen LogP contribution >= 0.6 is 11.6 Å². The van der Waals surface area contributed by atoms with Crippen LogP contribution in [-0.4, -0.2) is 21.4 Å². The molecule has 6 nitrogen and oxygen atoms in total. The molecular weight excluding hydrogens is 412 g/mol. The van der Waals surface area contributed by atoms with Gasteiger partial charge in [0.1, 0.15) is 5.75 Å². The van der Waals surface area contributed by atoms with Crippen molar-refractivity contribution in [2.45, 2.75) is 11.8 Å². The maximum Gasteiger partial charge on any atom is 0.261 e. The van der Waals surface area contributed by atoms with Crippen LogP contribution in [0.1, 0.15) is 15.9 Å². The molecule has 3 aromatic carbocycles. The number of anilines is 2. The Kier molecular flexibility index (Phi) is 6.10. The number of halogens is 1. The van der Waals surface area contributed by atoms with Crippen LogP contribution < -0.4 is 14.8 Å². The molecule has 0 aliphatic heterocycles. The molecule has 0 heterocycles. The fourth-order valence-corrected chi connectivity index (χ4v) is 3.91. The zero-order valence-electron chi connectivity index (χ0n) is 15.8.